The van der Waals surface area contributed by atoms with Crippen LogP contribution in [0.4, 0.5) is 13.2 Å². The molecule has 0 heterocycles. The van der Waals surface area contributed by atoms with E-state index in [-0.39, 0.29) is 17.0 Å². The van der Waals surface area contributed by atoms with Crippen molar-refractivity contribution < 1.29 is 13.2 Å². The molecule has 1 atom stereocenters. The van der Waals surface area contributed by atoms with Gasteiger partial charge in [0.05, 0.1) is 0 Å². The van der Waals surface area contributed by atoms with Crippen molar-refractivity contribution in [3.63, 3.8) is 0 Å². The van der Waals surface area contributed by atoms with E-state index < -0.39 is 22.3 Å². The molecular formula is C14H9BrClF3. The first-order valence-electron chi connectivity index (χ1n) is 5.51. The molecule has 0 amide bonds. The Hall–Kier alpha value is -1.00. The molecule has 100 valence electrons. The maximum atomic E-state index is 13.7. The maximum absolute atomic E-state index is 13.7. The van der Waals surface area contributed by atoms with Gasteiger partial charge in [0.2, 0.25) is 0 Å². The van der Waals surface area contributed by atoms with Crippen LogP contribution in [0.2, 0.25) is 5.02 Å². The molecule has 1 unspecified atom stereocenters. The number of rotatable bonds is 3. The Balaban J connectivity index is 2.25. The van der Waals surface area contributed by atoms with Gasteiger partial charge < -0.3 is 0 Å². The maximum Gasteiger partial charge on any atom is 0.162 e. The van der Waals surface area contributed by atoms with Crippen molar-refractivity contribution in [2.45, 2.75) is 11.2 Å². The summed E-state index contributed by atoms with van der Waals surface area (Å²) in [6, 6.07) is 8.20. The Bertz CT molecular complexity index is 601. The summed E-state index contributed by atoms with van der Waals surface area (Å²) >= 11 is 8.95. The third-order valence-corrected chi connectivity index (χ3v) is 3.78. The summed E-state index contributed by atoms with van der Waals surface area (Å²) in [4.78, 5) is -0.457. The zero-order valence-corrected chi connectivity index (χ0v) is 12.0. The Labute approximate surface area is 122 Å². The smallest absolute Gasteiger partial charge is 0.162 e. The zero-order chi connectivity index (χ0) is 14.0. The summed E-state index contributed by atoms with van der Waals surface area (Å²) in [6.07, 6.45) is 0.141. The van der Waals surface area contributed by atoms with E-state index in [2.05, 4.69) is 15.9 Å². The van der Waals surface area contributed by atoms with E-state index in [1.165, 1.54) is 24.3 Å². The van der Waals surface area contributed by atoms with Gasteiger partial charge in [0, 0.05) is 15.4 Å². The van der Waals surface area contributed by atoms with Gasteiger partial charge in [0.1, 0.15) is 5.82 Å². The fourth-order valence-corrected chi connectivity index (χ4v) is 2.64. The van der Waals surface area contributed by atoms with Crippen LogP contribution in [0.15, 0.2) is 36.4 Å². The van der Waals surface area contributed by atoms with Gasteiger partial charge in [0.25, 0.3) is 0 Å². The Morgan fingerprint density at radius 1 is 1.05 bits per heavy atom. The molecule has 2 rings (SSSR count). The summed E-state index contributed by atoms with van der Waals surface area (Å²) in [5.41, 5.74) is 0.546. The molecule has 0 spiro atoms. The zero-order valence-electron chi connectivity index (χ0n) is 9.64. The van der Waals surface area contributed by atoms with Crippen molar-refractivity contribution in [1.82, 2.24) is 0 Å². The molecule has 2 aromatic rings. The molecule has 0 bridgehead atoms. The normalized spacial score (nSPS) is 12.5. The third kappa shape index (κ3) is 3.31. The lowest BCUT2D eigenvalue weighted by Crippen LogP contribution is -2.02. The first-order chi connectivity index (χ1) is 8.99. The molecule has 0 fully saturated rings. The molecule has 19 heavy (non-hydrogen) atoms. The first-order valence-corrected chi connectivity index (χ1v) is 6.80. The van der Waals surface area contributed by atoms with Crippen molar-refractivity contribution in [1.29, 1.82) is 0 Å². The fourth-order valence-electron chi connectivity index (χ4n) is 1.76. The van der Waals surface area contributed by atoms with Gasteiger partial charge in [-0.25, -0.2) is 13.2 Å². The Kier molecular flexibility index (Phi) is 4.53. The van der Waals surface area contributed by atoms with Crippen molar-refractivity contribution in [2.24, 2.45) is 0 Å². The van der Waals surface area contributed by atoms with Gasteiger partial charge in [-0.1, -0.05) is 45.7 Å². The van der Waals surface area contributed by atoms with Crippen LogP contribution in [0.5, 0.6) is 0 Å². The van der Waals surface area contributed by atoms with Crippen molar-refractivity contribution >= 4 is 27.5 Å². The summed E-state index contributed by atoms with van der Waals surface area (Å²) in [5, 5.41) is 0.290. The lowest BCUT2D eigenvalue weighted by molar-refractivity contribution is 0.498. The van der Waals surface area contributed by atoms with Gasteiger partial charge in [-0.15, -0.1) is 0 Å². The lowest BCUT2D eigenvalue weighted by Gasteiger charge is -2.12. The van der Waals surface area contributed by atoms with Crippen LogP contribution in [0.3, 0.4) is 0 Å². The summed E-state index contributed by atoms with van der Waals surface area (Å²) in [5.74, 6) is -2.29. The van der Waals surface area contributed by atoms with Gasteiger partial charge in [-0.2, -0.15) is 0 Å². The second kappa shape index (κ2) is 5.97. The van der Waals surface area contributed by atoms with Gasteiger partial charge in [-0.3, -0.25) is 0 Å². The fraction of sp³-hybridized carbons (Fsp3) is 0.143. The molecule has 0 saturated heterocycles. The van der Waals surface area contributed by atoms with Crippen LogP contribution in [-0.4, -0.2) is 0 Å². The molecule has 0 aliphatic rings. The average Bonchev–Trinajstić information content (AvgIpc) is 2.34. The Morgan fingerprint density at radius 3 is 2.47 bits per heavy atom. The summed E-state index contributed by atoms with van der Waals surface area (Å²) in [7, 11) is 0. The molecule has 0 aliphatic heterocycles. The highest BCUT2D eigenvalue weighted by Crippen LogP contribution is 2.31. The minimum absolute atomic E-state index is 0.141. The van der Waals surface area contributed by atoms with Crippen LogP contribution in [0.1, 0.15) is 16.0 Å². The van der Waals surface area contributed by atoms with Crippen LogP contribution < -0.4 is 0 Å². The van der Waals surface area contributed by atoms with Crippen LogP contribution in [0, 0.1) is 17.5 Å². The predicted molar refractivity (Wildman–Crippen MR) is 73.1 cm³/mol. The predicted octanol–water partition coefficient (Wildman–Crippen LogP) is 5.44. The lowest BCUT2D eigenvalue weighted by atomic mass is 10.0. The number of hydrogen-bond donors (Lipinski definition) is 0. The second-order valence-electron chi connectivity index (χ2n) is 4.05. The monoisotopic (exact) mass is 348 g/mol. The van der Waals surface area contributed by atoms with Crippen molar-refractivity contribution in [3.8, 4) is 0 Å². The summed E-state index contributed by atoms with van der Waals surface area (Å²) in [6.45, 7) is 0. The Morgan fingerprint density at radius 2 is 1.79 bits per heavy atom. The molecule has 2 aromatic carbocycles. The minimum atomic E-state index is -0.909. The van der Waals surface area contributed by atoms with E-state index in [4.69, 9.17) is 11.6 Å². The number of halogens is 5. The molecular weight excluding hydrogens is 341 g/mol. The van der Waals surface area contributed by atoms with E-state index in [0.29, 0.717) is 5.56 Å². The highest BCUT2D eigenvalue weighted by Gasteiger charge is 2.17. The molecule has 0 aliphatic carbocycles. The number of alkyl halides is 1. The molecule has 0 saturated carbocycles. The van der Waals surface area contributed by atoms with Gasteiger partial charge in [-0.05, 0) is 30.2 Å². The van der Waals surface area contributed by atoms with Crippen LogP contribution in [0.25, 0.3) is 0 Å². The highest BCUT2D eigenvalue weighted by molar-refractivity contribution is 9.09. The first kappa shape index (κ1) is 14.4. The van der Waals surface area contributed by atoms with E-state index >= 15 is 0 Å². The van der Waals surface area contributed by atoms with Gasteiger partial charge in [0.15, 0.2) is 11.6 Å². The van der Waals surface area contributed by atoms with Crippen LogP contribution in [-0.2, 0) is 6.42 Å². The molecule has 0 nitrogen and oxygen atoms in total. The number of benzene rings is 2. The standard InChI is InChI=1S/C14H9BrClF3/c15-11(10-5-4-9(16)7-13(10)18)6-8-2-1-3-12(17)14(8)19/h1-5,7,11H,6H2. The largest absolute Gasteiger partial charge is 0.207 e. The van der Waals surface area contributed by atoms with E-state index in [1.54, 1.807) is 6.07 Å². The topological polar surface area (TPSA) is 0 Å². The summed E-state index contributed by atoms with van der Waals surface area (Å²) < 4.78 is 40.3. The molecule has 5 heteroatoms. The number of hydrogen-bond acceptors (Lipinski definition) is 0. The van der Waals surface area contributed by atoms with Crippen molar-refractivity contribution in [2.75, 3.05) is 0 Å². The SMILES string of the molecule is Fc1cc(Cl)ccc1C(Br)Cc1cccc(F)c1F. The minimum Gasteiger partial charge on any atom is -0.207 e. The average molecular weight is 350 g/mol. The quantitative estimate of drug-likeness (QED) is 0.648. The second-order valence-corrected chi connectivity index (χ2v) is 5.59. The van der Waals surface area contributed by atoms with Crippen molar-refractivity contribution in [3.05, 3.63) is 70.0 Å². The molecule has 0 N–H and O–H groups in total. The highest BCUT2D eigenvalue weighted by atomic mass is 79.9. The van der Waals surface area contributed by atoms with Crippen LogP contribution >= 0.6 is 27.5 Å². The van der Waals surface area contributed by atoms with E-state index in [0.717, 1.165) is 6.07 Å². The third-order valence-electron chi connectivity index (χ3n) is 2.73. The molecule has 0 aromatic heterocycles. The van der Waals surface area contributed by atoms with E-state index in [9.17, 15) is 13.2 Å². The van der Waals surface area contributed by atoms with Gasteiger partial charge >= 0.3 is 0 Å². The van der Waals surface area contributed by atoms with E-state index in [1.807, 2.05) is 0 Å². The molecule has 0 radical (unpaired) electrons.